The van der Waals surface area contributed by atoms with Crippen molar-refractivity contribution in [2.45, 2.75) is 19.4 Å². The van der Waals surface area contributed by atoms with E-state index >= 15 is 0 Å². The number of fused-ring (bicyclic) bond motifs is 1. The number of anilines is 1. The van der Waals surface area contributed by atoms with E-state index in [1.165, 1.54) is 12.1 Å². The van der Waals surface area contributed by atoms with Crippen LogP contribution in [-0.2, 0) is 11.3 Å². The van der Waals surface area contributed by atoms with Crippen LogP contribution < -0.4 is 11.1 Å². The van der Waals surface area contributed by atoms with Gasteiger partial charge in [-0.25, -0.2) is 9.37 Å². The van der Waals surface area contributed by atoms with Crippen molar-refractivity contribution in [1.29, 1.82) is 0 Å². The zero-order valence-corrected chi connectivity index (χ0v) is 17.5. The van der Waals surface area contributed by atoms with E-state index in [4.69, 9.17) is 15.5 Å². The molecule has 1 fully saturated rings. The molecule has 1 aliphatic heterocycles. The van der Waals surface area contributed by atoms with Crippen LogP contribution in [-0.4, -0.2) is 33.7 Å². The van der Waals surface area contributed by atoms with Gasteiger partial charge in [-0.05, 0) is 42.8 Å². The molecule has 0 saturated carbocycles. The van der Waals surface area contributed by atoms with E-state index in [1.807, 2.05) is 35.9 Å². The van der Waals surface area contributed by atoms with Gasteiger partial charge in [0.15, 0.2) is 0 Å². The van der Waals surface area contributed by atoms with Crippen LogP contribution >= 0.6 is 0 Å². The molecule has 0 spiro atoms. The fourth-order valence-corrected chi connectivity index (χ4v) is 4.02. The zero-order chi connectivity index (χ0) is 22.2. The van der Waals surface area contributed by atoms with Crippen molar-refractivity contribution in [3.05, 3.63) is 82.9 Å². The number of primary amides is 1. The van der Waals surface area contributed by atoms with Crippen LogP contribution in [0.5, 0.6) is 0 Å². The molecule has 3 heterocycles. The molecule has 3 N–H and O–H groups in total. The Bertz CT molecular complexity index is 1330. The minimum absolute atomic E-state index is 0.211. The summed E-state index contributed by atoms with van der Waals surface area (Å²) in [6.07, 6.45) is 1.81. The summed E-state index contributed by atoms with van der Waals surface area (Å²) in [5.41, 5.74) is 9.47. The SMILES string of the molecule is Cc1cc2c(C(N)=O)cccc2n1-c1ncc(C2COC2)c(NCc2cccc(F)c2)n1. The maximum Gasteiger partial charge on any atom is 0.249 e. The van der Waals surface area contributed by atoms with E-state index in [-0.39, 0.29) is 11.7 Å². The smallest absolute Gasteiger partial charge is 0.249 e. The van der Waals surface area contributed by atoms with E-state index in [0.29, 0.717) is 37.1 Å². The van der Waals surface area contributed by atoms with Crippen molar-refractivity contribution in [3.8, 4) is 5.95 Å². The molecule has 0 aliphatic carbocycles. The maximum absolute atomic E-state index is 13.6. The lowest BCUT2D eigenvalue weighted by Crippen LogP contribution is -2.27. The normalized spacial score (nSPS) is 13.8. The van der Waals surface area contributed by atoms with Crippen LogP contribution in [0.4, 0.5) is 10.2 Å². The maximum atomic E-state index is 13.6. The van der Waals surface area contributed by atoms with Crippen LogP contribution in [0.15, 0.2) is 54.7 Å². The van der Waals surface area contributed by atoms with Crippen LogP contribution in [0.25, 0.3) is 16.9 Å². The summed E-state index contributed by atoms with van der Waals surface area (Å²) >= 11 is 0. The summed E-state index contributed by atoms with van der Waals surface area (Å²) in [5.74, 6) is 0.610. The Morgan fingerprint density at radius 3 is 2.78 bits per heavy atom. The number of carbonyl (C=O) groups excluding carboxylic acids is 1. The first-order valence-electron chi connectivity index (χ1n) is 10.4. The van der Waals surface area contributed by atoms with Gasteiger partial charge in [0, 0.05) is 40.9 Å². The van der Waals surface area contributed by atoms with Crippen molar-refractivity contribution in [1.82, 2.24) is 14.5 Å². The van der Waals surface area contributed by atoms with Gasteiger partial charge in [0.05, 0.1) is 18.7 Å². The van der Waals surface area contributed by atoms with Crippen LogP contribution in [0.2, 0.25) is 0 Å². The van der Waals surface area contributed by atoms with Gasteiger partial charge < -0.3 is 15.8 Å². The summed E-state index contributed by atoms with van der Waals surface area (Å²) in [6, 6.07) is 13.8. The lowest BCUT2D eigenvalue weighted by molar-refractivity contribution is 0.00843. The third-order valence-electron chi connectivity index (χ3n) is 5.73. The second-order valence-electron chi connectivity index (χ2n) is 7.92. The molecule has 5 rings (SSSR count). The fraction of sp³-hybridized carbons (Fsp3) is 0.208. The van der Waals surface area contributed by atoms with Gasteiger partial charge in [-0.1, -0.05) is 18.2 Å². The highest BCUT2D eigenvalue weighted by Crippen LogP contribution is 2.31. The summed E-state index contributed by atoms with van der Waals surface area (Å²) in [6.45, 7) is 3.59. The van der Waals surface area contributed by atoms with Gasteiger partial charge in [0.25, 0.3) is 0 Å². The molecule has 1 amide bonds. The van der Waals surface area contributed by atoms with Crippen molar-refractivity contribution in [2.75, 3.05) is 18.5 Å². The first-order chi connectivity index (χ1) is 15.5. The Labute approximate surface area is 184 Å². The number of hydrogen-bond donors (Lipinski definition) is 2. The van der Waals surface area contributed by atoms with E-state index < -0.39 is 5.91 Å². The fourth-order valence-electron chi connectivity index (χ4n) is 4.02. The van der Waals surface area contributed by atoms with E-state index in [0.717, 1.165) is 27.7 Å². The number of halogens is 1. The highest BCUT2D eigenvalue weighted by molar-refractivity contribution is 6.06. The molecule has 8 heteroatoms. The van der Waals surface area contributed by atoms with Gasteiger partial charge >= 0.3 is 0 Å². The van der Waals surface area contributed by atoms with Crippen LogP contribution in [0.3, 0.4) is 0 Å². The van der Waals surface area contributed by atoms with E-state index in [9.17, 15) is 9.18 Å². The number of nitrogens with zero attached hydrogens (tertiary/aromatic N) is 3. The number of hydrogen-bond acceptors (Lipinski definition) is 5. The second kappa shape index (κ2) is 8.05. The molecule has 2 aromatic heterocycles. The quantitative estimate of drug-likeness (QED) is 0.486. The summed E-state index contributed by atoms with van der Waals surface area (Å²) in [4.78, 5) is 21.3. The number of carbonyl (C=O) groups is 1. The molecule has 32 heavy (non-hydrogen) atoms. The number of amides is 1. The minimum Gasteiger partial charge on any atom is -0.380 e. The average molecular weight is 431 g/mol. The minimum atomic E-state index is -0.480. The van der Waals surface area contributed by atoms with Gasteiger partial charge in [0.2, 0.25) is 11.9 Å². The molecule has 7 nitrogen and oxygen atoms in total. The monoisotopic (exact) mass is 431 g/mol. The molecule has 0 atom stereocenters. The molecule has 4 aromatic rings. The number of nitrogens with one attached hydrogen (secondary N) is 1. The number of benzene rings is 2. The predicted octanol–water partition coefficient (Wildman–Crippen LogP) is 3.69. The Morgan fingerprint density at radius 1 is 1.25 bits per heavy atom. The molecule has 2 aromatic carbocycles. The number of nitrogens with two attached hydrogens (primary N) is 1. The number of rotatable bonds is 6. The van der Waals surface area contributed by atoms with Crippen LogP contribution in [0.1, 0.15) is 33.1 Å². The molecule has 0 unspecified atom stereocenters. The Hall–Kier alpha value is -3.78. The number of aryl methyl sites for hydroxylation is 1. The predicted molar refractivity (Wildman–Crippen MR) is 119 cm³/mol. The molecule has 0 radical (unpaired) electrons. The molecular weight excluding hydrogens is 409 g/mol. The highest BCUT2D eigenvalue weighted by atomic mass is 19.1. The molecule has 1 aliphatic rings. The van der Waals surface area contributed by atoms with E-state index in [2.05, 4.69) is 10.3 Å². The molecule has 1 saturated heterocycles. The summed E-state index contributed by atoms with van der Waals surface area (Å²) in [7, 11) is 0. The number of ether oxygens (including phenoxy) is 1. The van der Waals surface area contributed by atoms with Crippen molar-refractivity contribution in [3.63, 3.8) is 0 Å². The zero-order valence-electron chi connectivity index (χ0n) is 17.5. The Morgan fingerprint density at radius 2 is 2.06 bits per heavy atom. The summed E-state index contributed by atoms with van der Waals surface area (Å²) in [5, 5.41) is 4.10. The van der Waals surface area contributed by atoms with Gasteiger partial charge in [0.1, 0.15) is 11.6 Å². The third-order valence-corrected chi connectivity index (χ3v) is 5.73. The standard InChI is InChI=1S/C24H22FN5O2/c1-14-8-19-18(22(26)31)6-3-7-21(19)30(14)24-28-11-20(16-12-32-13-16)23(29-24)27-10-15-4-2-5-17(25)9-15/h2-9,11,16H,10,12-13H2,1H3,(H2,26,31)(H,27,28,29). The van der Waals surface area contributed by atoms with Gasteiger partial charge in [-0.15, -0.1) is 0 Å². The average Bonchev–Trinajstić information content (AvgIpc) is 3.07. The van der Waals surface area contributed by atoms with Crippen molar-refractivity contribution in [2.24, 2.45) is 5.73 Å². The highest BCUT2D eigenvalue weighted by Gasteiger charge is 2.25. The van der Waals surface area contributed by atoms with Crippen molar-refractivity contribution < 1.29 is 13.9 Å². The Balaban J connectivity index is 1.57. The topological polar surface area (TPSA) is 95.1 Å². The molecular formula is C24H22FN5O2. The van der Waals surface area contributed by atoms with Crippen molar-refractivity contribution >= 4 is 22.6 Å². The largest absolute Gasteiger partial charge is 0.380 e. The first kappa shape index (κ1) is 20.1. The number of aromatic nitrogens is 3. The van der Waals surface area contributed by atoms with Gasteiger partial charge in [-0.3, -0.25) is 9.36 Å². The third kappa shape index (κ3) is 3.58. The van der Waals surface area contributed by atoms with Gasteiger partial charge in [-0.2, -0.15) is 4.98 Å². The lowest BCUT2D eigenvalue weighted by atomic mass is 9.99. The lowest BCUT2D eigenvalue weighted by Gasteiger charge is -2.28. The second-order valence-corrected chi connectivity index (χ2v) is 7.92. The summed E-state index contributed by atoms with van der Waals surface area (Å²) < 4.78 is 20.8. The Kier molecular flexibility index (Phi) is 5.07. The first-order valence-corrected chi connectivity index (χ1v) is 10.4. The van der Waals surface area contributed by atoms with E-state index in [1.54, 1.807) is 18.2 Å². The molecule has 162 valence electrons. The molecule has 0 bridgehead atoms. The van der Waals surface area contributed by atoms with Crippen LogP contribution in [0, 0.1) is 12.7 Å².